The summed E-state index contributed by atoms with van der Waals surface area (Å²) in [5, 5.41) is 0. The van der Waals surface area contributed by atoms with Crippen molar-refractivity contribution in [2.24, 2.45) is 0 Å². The van der Waals surface area contributed by atoms with Crippen molar-refractivity contribution in [3.8, 4) is 17.2 Å². The quantitative estimate of drug-likeness (QED) is 0.606. The summed E-state index contributed by atoms with van der Waals surface area (Å²) in [6, 6.07) is 11.0. The number of fused-ring (bicyclic) bond motifs is 3. The van der Waals surface area contributed by atoms with Crippen LogP contribution in [0.3, 0.4) is 0 Å². The Labute approximate surface area is 151 Å². The van der Waals surface area contributed by atoms with Crippen molar-refractivity contribution in [1.29, 1.82) is 0 Å². The van der Waals surface area contributed by atoms with E-state index in [9.17, 15) is 9.59 Å². The van der Waals surface area contributed by atoms with E-state index in [-0.39, 0.29) is 24.1 Å². The molecule has 2 aliphatic heterocycles. The van der Waals surface area contributed by atoms with Crippen LogP contribution in [-0.4, -0.2) is 24.5 Å². The summed E-state index contributed by atoms with van der Waals surface area (Å²) in [6.07, 6.45) is 0.486. The largest absolute Gasteiger partial charge is 0.496 e. The molecule has 5 nitrogen and oxygen atoms in total. The number of methoxy groups -OCH3 is 1. The van der Waals surface area contributed by atoms with Crippen LogP contribution in [0.25, 0.3) is 0 Å². The minimum atomic E-state index is -0.605. The maximum atomic E-state index is 12.6. The molecule has 1 atom stereocenters. The number of carbonyl (C=O) groups is 2. The Hall–Kier alpha value is -2.82. The summed E-state index contributed by atoms with van der Waals surface area (Å²) in [5.41, 5.74) is 1.56. The van der Waals surface area contributed by atoms with Gasteiger partial charge in [-0.2, -0.15) is 0 Å². The molecule has 0 unspecified atom stereocenters. The lowest BCUT2D eigenvalue weighted by Gasteiger charge is -2.36. The molecule has 26 heavy (non-hydrogen) atoms. The van der Waals surface area contributed by atoms with Crippen molar-refractivity contribution in [2.75, 3.05) is 7.11 Å². The van der Waals surface area contributed by atoms with Crippen molar-refractivity contribution < 1.29 is 23.8 Å². The van der Waals surface area contributed by atoms with Crippen LogP contribution >= 0.6 is 0 Å². The number of rotatable bonds is 2. The van der Waals surface area contributed by atoms with Crippen molar-refractivity contribution in [2.45, 2.75) is 38.2 Å². The fourth-order valence-corrected chi connectivity index (χ4v) is 3.78. The summed E-state index contributed by atoms with van der Waals surface area (Å²) < 4.78 is 17.1. The molecular weight excluding hydrogens is 332 g/mol. The average molecular weight is 352 g/mol. The number of para-hydroxylation sites is 1. The second-order valence-electron chi connectivity index (χ2n) is 7.29. The SMILES string of the molecule is COc1ccccc1[C@@H]1CC(=O)Oc2ccc3c(c21)OC(C)(C)CC3=O. The van der Waals surface area contributed by atoms with Crippen LogP contribution < -0.4 is 14.2 Å². The average Bonchev–Trinajstić information content (AvgIpc) is 2.59. The minimum Gasteiger partial charge on any atom is -0.496 e. The van der Waals surface area contributed by atoms with Gasteiger partial charge in [-0.3, -0.25) is 9.59 Å². The predicted molar refractivity (Wildman–Crippen MR) is 95.2 cm³/mol. The fraction of sp³-hybridized carbons (Fsp3) is 0.333. The van der Waals surface area contributed by atoms with E-state index in [0.717, 1.165) is 11.1 Å². The number of hydrogen-bond donors (Lipinski definition) is 0. The molecule has 4 rings (SSSR count). The maximum Gasteiger partial charge on any atom is 0.312 e. The lowest BCUT2D eigenvalue weighted by atomic mass is 9.82. The predicted octanol–water partition coefficient (Wildman–Crippen LogP) is 3.88. The van der Waals surface area contributed by atoms with Crippen LogP contribution in [-0.2, 0) is 4.79 Å². The molecule has 0 N–H and O–H groups in total. The highest BCUT2D eigenvalue weighted by Crippen LogP contribution is 2.50. The molecule has 5 heteroatoms. The van der Waals surface area contributed by atoms with Gasteiger partial charge < -0.3 is 14.2 Å². The monoisotopic (exact) mass is 352 g/mol. The van der Waals surface area contributed by atoms with E-state index in [4.69, 9.17) is 14.2 Å². The number of carbonyl (C=O) groups excluding carboxylic acids is 2. The third kappa shape index (κ3) is 2.64. The van der Waals surface area contributed by atoms with Gasteiger partial charge in [0.2, 0.25) is 0 Å². The maximum absolute atomic E-state index is 12.6. The van der Waals surface area contributed by atoms with E-state index < -0.39 is 5.60 Å². The van der Waals surface area contributed by atoms with Gasteiger partial charge in [-0.15, -0.1) is 0 Å². The third-order valence-corrected chi connectivity index (χ3v) is 4.88. The van der Waals surface area contributed by atoms with Gasteiger partial charge in [0.05, 0.1) is 25.5 Å². The molecule has 0 aliphatic carbocycles. The van der Waals surface area contributed by atoms with Crippen molar-refractivity contribution >= 4 is 11.8 Å². The molecular formula is C21H20O5. The summed E-state index contributed by atoms with van der Waals surface area (Å²) in [7, 11) is 1.60. The van der Waals surface area contributed by atoms with Gasteiger partial charge in [-0.1, -0.05) is 18.2 Å². The molecule has 0 amide bonds. The molecule has 0 spiro atoms. The lowest BCUT2D eigenvalue weighted by molar-refractivity contribution is -0.135. The van der Waals surface area contributed by atoms with Crippen LogP contribution in [0, 0.1) is 0 Å². The van der Waals surface area contributed by atoms with E-state index in [1.807, 2.05) is 38.1 Å². The number of benzene rings is 2. The smallest absolute Gasteiger partial charge is 0.312 e. The summed E-state index contributed by atoms with van der Waals surface area (Å²) >= 11 is 0. The Morgan fingerprint density at radius 1 is 1.12 bits per heavy atom. The Kier molecular flexibility index (Phi) is 3.75. The summed E-state index contributed by atoms with van der Waals surface area (Å²) in [4.78, 5) is 24.8. The zero-order valence-electron chi connectivity index (χ0n) is 15.0. The second kappa shape index (κ2) is 5.87. The molecule has 2 aromatic rings. The Balaban J connectivity index is 1.95. The number of ether oxygens (including phenoxy) is 3. The summed E-state index contributed by atoms with van der Waals surface area (Å²) in [6.45, 7) is 3.78. The zero-order chi connectivity index (χ0) is 18.5. The van der Waals surface area contributed by atoms with Gasteiger partial charge in [-0.25, -0.2) is 0 Å². The number of esters is 1. The Bertz CT molecular complexity index is 913. The first-order chi connectivity index (χ1) is 12.4. The molecule has 134 valence electrons. The summed E-state index contributed by atoms with van der Waals surface area (Å²) in [5.74, 6) is 1.09. The number of ketones is 1. The molecule has 2 aromatic carbocycles. The van der Waals surface area contributed by atoms with Crippen molar-refractivity contribution in [3.63, 3.8) is 0 Å². The Morgan fingerprint density at radius 3 is 2.65 bits per heavy atom. The molecule has 0 fully saturated rings. The van der Waals surface area contributed by atoms with Gasteiger partial charge in [0.25, 0.3) is 0 Å². The van der Waals surface area contributed by atoms with Crippen LogP contribution in [0.4, 0.5) is 0 Å². The van der Waals surface area contributed by atoms with E-state index in [1.54, 1.807) is 19.2 Å². The van der Waals surface area contributed by atoms with Gasteiger partial charge in [0.1, 0.15) is 22.8 Å². The second-order valence-corrected chi connectivity index (χ2v) is 7.29. The first-order valence-corrected chi connectivity index (χ1v) is 8.62. The van der Waals surface area contributed by atoms with E-state index >= 15 is 0 Å². The van der Waals surface area contributed by atoms with Crippen LogP contribution in [0.1, 0.15) is 54.1 Å². The van der Waals surface area contributed by atoms with Gasteiger partial charge in [0.15, 0.2) is 5.78 Å². The highest BCUT2D eigenvalue weighted by Gasteiger charge is 2.40. The van der Waals surface area contributed by atoms with Crippen LogP contribution in [0.15, 0.2) is 36.4 Å². The molecule has 0 aromatic heterocycles. The van der Waals surface area contributed by atoms with E-state index in [2.05, 4.69) is 0 Å². The molecule has 0 bridgehead atoms. The molecule has 2 aliphatic rings. The van der Waals surface area contributed by atoms with E-state index in [1.165, 1.54) is 0 Å². The third-order valence-electron chi connectivity index (χ3n) is 4.88. The number of hydrogen-bond acceptors (Lipinski definition) is 5. The van der Waals surface area contributed by atoms with Crippen LogP contribution in [0.5, 0.6) is 17.2 Å². The normalized spacial score (nSPS) is 20.5. The highest BCUT2D eigenvalue weighted by molar-refractivity contribution is 6.01. The molecule has 2 heterocycles. The Morgan fingerprint density at radius 2 is 1.88 bits per heavy atom. The van der Waals surface area contributed by atoms with Crippen molar-refractivity contribution in [1.82, 2.24) is 0 Å². The molecule has 0 saturated heterocycles. The topological polar surface area (TPSA) is 61.8 Å². The zero-order valence-corrected chi connectivity index (χ0v) is 15.0. The molecule has 0 saturated carbocycles. The van der Waals surface area contributed by atoms with Gasteiger partial charge >= 0.3 is 5.97 Å². The minimum absolute atomic E-state index is 0.0368. The standard InChI is InChI=1S/C21H20O5/c1-21(2)11-15(22)13-8-9-17-19(20(13)26-21)14(10-18(23)25-17)12-6-4-5-7-16(12)24-3/h4-9,14H,10-11H2,1-3H3/t14-/m0/s1. The number of Topliss-reactive ketones (excluding diaryl/α,β-unsaturated/α-hetero) is 1. The van der Waals surface area contributed by atoms with E-state index in [0.29, 0.717) is 29.2 Å². The van der Waals surface area contributed by atoms with Gasteiger partial charge in [0, 0.05) is 17.0 Å². The van der Waals surface area contributed by atoms with Crippen LogP contribution in [0.2, 0.25) is 0 Å². The highest BCUT2D eigenvalue weighted by atomic mass is 16.5. The molecule has 0 radical (unpaired) electrons. The first-order valence-electron chi connectivity index (χ1n) is 8.62. The van der Waals surface area contributed by atoms with Crippen molar-refractivity contribution in [3.05, 3.63) is 53.1 Å². The lowest BCUT2D eigenvalue weighted by Crippen LogP contribution is -2.37. The first kappa shape index (κ1) is 16.6. The fourth-order valence-electron chi connectivity index (χ4n) is 3.78. The van der Waals surface area contributed by atoms with Gasteiger partial charge in [-0.05, 0) is 32.0 Å².